The molecule has 0 spiro atoms. The predicted molar refractivity (Wildman–Crippen MR) is 67.0 cm³/mol. The second kappa shape index (κ2) is 5.26. The van der Waals surface area contributed by atoms with Gasteiger partial charge >= 0.3 is 5.97 Å². The summed E-state index contributed by atoms with van der Waals surface area (Å²) >= 11 is 0. The van der Waals surface area contributed by atoms with E-state index in [0.29, 0.717) is 12.8 Å². The van der Waals surface area contributed by atoms with Crippen LogP contribution in [0.4, 0.5) is 10.1 Å². The quantitative estimate of drug-likeness (QED) is 0.721. The normalized spacial score (nSPS) is 22.2. The van der Waals surface area contributed by atoms with Crippen molar-refractivity contribution in [2.75, 3.05) is 5.73 Å². The van der Waals surface area contributed by atoms with Gasteiger partial charge in [-0.15, -0.1) is 0 Å². The zero-order valence-electron chi connectivity index (χ0n) is 10.2. The van der Waals surface area contributed by atoms with E-state index in [1.165, 1.54) is 18.2 Å². The summed E-state index contributed by atoms with van der Waals surface area (Å²) in [6, 6.07) is 3.55. The molecule has 5 nitrogen and oxygen atoms in total. The van der Waals surface area contributed by atoms with E-state index in [0.717, 1.165) is 6.42 Å². The van der Waals surface area contributed by atoms with E-state index < -0.39 is 29.7 Å². The van der Waals surface area contributed by atoms with E-state index in [2.05, 4.69) is 5.32 Å². The Morgan fingerprint density at radius 3 is 2.79 bits per heavy atom. The maximum Gasteiger partial charge on any atom is 0.308 e. The molecule has 1 saturated carbocycles. The number of nitrogens with two attached hydrogens (primary N) is 1. The van der Waals surface area contributed by atoms with Crippen molar-refractivity contribution < 1.29 is 19.1 Å². The highest BCUT2D eigenvalue weighted by atomic mass is 19.1. The van der Waals surface area contributed by atoms with Gasteiger partial charge in [0.2, 0.25) is 0 Å². The monoisotopic (exact) mass is 266 g/mol. The molecular weight excluding hydrogens is 251 g/mol. The number of amides is 1. The van der Waals surface area contributed by atoms with Crippen LogP contribution < -0.4 is 11.1 Å². The van der Waals surface area contributed by atoms with Gasteiger partial charge in [-0.1, -0.05) is 12.5 Å². The summed E-state index contributed by atoms with van der Waals surface area (Å²) in [7, 11) is 0. The lowest BCUT2D eigenvalue weighted by Crippen LogP contribution is -2.40. The Hall–Kier alpha value is -2.11. The van der Waals surface area contributed by atoms with Crippen LogP contribution in [0.3, 0.4) is 0 Å². The number of carbonyl (C=O) groups excluding carboxylic acids is 1. The van der Waals surface area contributed by atoms with Crippen molar-refractivity contribution in [3.63, 3.8) is 0 Å². The third-order valence-electron chi connectivity index (χ3n) is 3.45. The van der Waals surface area contributed by atoms with Gasteiger partial charge in [0, 0.05) is 6.04 Å². The third-order valence-corrected chi connectivity index (χ3v) is 3.45. The second-order valence-corrected chi connectivity index (χ2v) is 4.66. The highest BCUT2D eigenvalue weighted by Gasteiger charge is 2.34. The van der Waals surface area contributed by atoms with Gasteiger partial charge in [0.05, 0.1) is 17.2 Å². The number of carboxylic acid groups (broad SMARTS) is 1. The summed E-state index contributed by atoms with van der Waals surface area (Å²) in [5, 5.41) is 11.7. The van der Waals surface area contributed by atoms with Crippen LogP contribution in [0.25, 0.3) is 0 Å². The molecule has 1 aliphatic rings. The lowest BCUT2D eigenvalue weighted by atomic mass is 10.0. The second-order valence-electron chi connectivity index (χ2n) is 4.66. The SMILES string of the molecule is Nc1c(F)cccc1C(=O)NC1CCCC1C(=O)O. The zero-order valence-corrected chi connectivity index (χ0v) is 10.2. The number of halogens is 1. The van der Waals surface area contributed by atoms with Crippen LogP contribution in [0.2, 0.25) is 0 Å². The van der Waals surface area contributed by atoms with Crippen LogP contribution in [-0.2, 0) is 4.79 Å². The minimum atomic E-state index is -0.921. The summed E-state index contributed by atoms with van der Waals surface area (Å²) in [6.07, 6.45) is 1.90. The van der Waals surface area contributed by atoms with Crippen molar-refractivity contribution in [3.8, 4) is 0 Å². The maximum atomic E-state index is 13.3. The topological polar surface area (TPSA) is 92.4 Å². The molecule has 0 aliphatic heterocycles. The Kier molecular flexibility index (Phi) is 3.69. The van der Waals surface area contributed by atoms with Crippen LogP contribution >= 0.6 is 0 Å². The van der Waals surface area contributed by atoms with Gasteiger partial charge in [-0.2, -0.15) is 0 Å². The molecule has 2 atom stereocenters. The lowest BCUT2D eigenvalue weighted by molar-refractivity contribution is -0.142. The van der Waals surface area contributed by atoms with E-state index in [1.807, 2.05) is 0 Å². The van der Waals surface area contributed by atoms with E-state index in [1.54, 1.807) is 0 Å². The van der Waals surface area contributed by atoms with E-state index in [4.69, 9.17) is 10.8 Å². The van der Waals surface area contributed by atoms with Gasteiger partial charge in [0.25, 0.3) is 5.91 Å². The standard InChI is InChI=1S/C13H15FN2O3/c14-9-5-1-4-8(11(9)15)12(17)16-10-6-2-3-7(10)13(18)19/h1,4-5,7,10H,2-3,6,15H2,(H,16,17)(H,18,19). The number of nitrogen functional groups attached to an aromatic ring is 1. The molecule has 19 heavy (non-hydrogen) atoms. The predicted octanol–water partition coefficient (Wildman–Crippen LogP) is 1.39. The van der Waals surface area contributed by atoms with Crippen molar-refractivity contribution in [1.29, 1.82) is 0 Å². The van der Waals surface area contributed by atoms with Gasteiger partial charge in [-0.3, -0.25) is 9.59 Å². The Morgan fingerprint density at radius 2 is 2.11 bits per heavy atom. The molecule has 0 bridgehead atoms. The largest absolute Gasteiger partial charge is 0.481 e. The number of nitrogens with one attached hydrogen (secondary N) is 1. The van der Waals surface area contributed by atoms with Crippen molar-refractivity contribution in [2.24, 2.45) is 5.92 Å². The molecule has 2 unspecified atom stereocenters. The van der Waals surface area contributed by atoms with E-state index in [9.17, 15) is 14.0 Å². The first-order chi connectivity index (χ1) is 9.00. The van der Waals surface area contributed by atoms with Gasteiger partial charge in [0.1, 0.15) is 5.82 Å². The van der Waals surface area contributed by atoms with Gasteiger partial charge in [-0.05, 0) is 25.0 Å². The first-order valence-electron chi connectivity index (χ1n) is 6.08. The molecule has 1 aliphatic carbocycles. The average Bonchev–Trinajstić information content (AvgIpc) is 2.80. The number of carbonyl (C=O) groups is 2. The third kappa shape index (κ3) is 2.67. The summed E-state index contributed by atoms with van der Waals surface area (Å²) in [4.78, 5) is 23.0. The lowest BCUT2D eigenvalue weighted by Gasteiger charge is -2.18. The zero-order chi connectivity index (χ0) is 14.0. The van der Waals surface area contributed by atoms with E-state index in [-0.39, 0.29) is 11.3 Å². The first kappa shape index (κ1) is 13.3. The molecule has 1 fully saturated rings. The Bertz CT molecular complexity index is 519. The number of hydrogen-bond acceptors (Lipinski definition) is 3. The Labute approximate surface area is 109 Å². The summed E-state index contributed by atoms with van der Waals surface area (Å²) in [5.41, 5.74) is 5.32. The molecule has 0 radical (unpaired) electrons. The number of aliphatic carboxylic acids is 1. The summed E-state index contributed by atoms with van der Waals surface area (Å²) in [6.45, 7) is 0. The average molecular weight is 266 g/mol. The number of anilines is 1. The van der Waals surface area contributed by atoms with Gasteiger partial charge < -0.3 is 16.2 Å². The molecule has 0 aromatic heterocycles. The molecule has 1 amide bonds. The first-order valence-corrected chi connectivity index (χ1v) is 6.08. The Balaban J connectivity index is 2.13. The highest BCUT2D eigenvalue weighted by molar-refractivity contribution is 5.99. The highest BCUT2D eigenvalue weighted by Crippen LogP contribution is 2.26. The fourth-order valence-electron chi connectivity index (χ4n) is 2.41. The molecule has 0 saturated heterocycles. The van der Waals surface area contributed by atoms with Crippen LogP contribution in [0.5, 0.6) is 0 Å². The number of rotatable bonds is 3. The van der Waals surface area contributed by atoms with Crippen molar-refractivity contribution in [1.82, 2.24) is 5.32 Å². The summed E-state index contributed by atoms with van der Waals surface area (Å²) in [5.74, 6) is -2.70. The molecule has 1 aromatic carbocycles. The van der Waals surface area contributed by atoms with Crippen LogP contribution in [0, 0.1) is 11.7 Å². The Morgan fingerprint density at radius 1 is 1.37 bits per heavy atom. The van der Waals surface area contributed by atoms with Gasteiger partial charge in [0.15, 0.2) is 0 Å². The number of carboxylic acids is 1. The summed E-state index contributed by atoms with van der Waals surface area (Å²) < 4.78 is 13.3. The van der Waals surface area contributed by atoms with E-state index >= 15 is 0 Å². The minimum absolute atomic E-state index is 0.0380. The number of para-hydroxylation sites is 1. The van der Waals surface area contributed by atoms with Gasteiger partial charge in [-0.25, -0.2) is 4.39 Å². The molecule has 2 rings (SSSR count). The van der Waals surface area contributed by atoms with Crippen LogP contribution in [0.1, 0.15) is 29.6 Å². The fraction of sp³-hybridized carbons (Fsp3) is 0.385. The number of hydrogen-bond donors (Lipinski definition) is 3. The fourth-order valence-corrected chi connectivity index (χ4v) is 2.41. The van der Waals surface area contributed by atoms with Crippen LogP contribution in [-0.4, -0.2) is 23.0 Å². The van der Waals surface area contributed by atoms with Crippen molar-refractivity contribution in [3.05, 3.63) is 29.6 Å². The molecular formula is C13H15FN2O3. The van der Waals surface area contributed by atoms with Crippen molar-refractivity contribution >= 4 is 17.6 Å². The maximum absolute atomic E-state index is 13.3. The minimum Gasteiger partial charge on any atom is -0.481 e. The molecule has 4 N–H and O–H groups in total. The number of benzene rings is 1. The molecule has 102 valence electrons. The smallest absolute Gasteiger partial charge is 0.308 e. The molecule has 1 aromatic rings. The van der Waals surface area contributed by atoms with Crippen LogP contribution in [0.15, 0.2) is 18.2 Å². The van der Waals surface area contributed by atoms with Crippen molar-refractivity contribution in [2.45, 2.75) is 25.3 Å². The molecule has 0 heterocycles. The molecule has 6 heteroatoms.